The highest BCUT2D eigenvalue weighted by Gasteiger charge is 2.41. The van der Waals surface area contributed by atoms with Gasteiger partial charge in [-0.3, -0.25) is 9.59 Å². The van der Waals surface area contributed by atoms with Crippen molar-refractivity contribution in [3.8, 4) is 0 Å². The molecule has 2 fully saturated rings. The Balaban J connectivity index is 1.68. The second-order valence-corrected chi connectivity index (χ2v) is 14.6. The molecule has 0 bridgehead atoms. The number of carbonyl (C=O) groups excluding carboxylic acids is 3. The van der Waals surface area contributed by atoms with Crippen molar-refractivity contribution >= 4 is 27.9 Å². The summed E-state index contributed by atoms with van der Waals surface area (Å²) in [6.45, 7) is 9.53. The summed E-state index contributed by atoms with van der Waals surface area (Å²) >= 11 is 0. The number of hydrogen-bond donors (Lipinski definition) is 2. The van der Waals surface area contributed by atoms with Crippen LogP contribution < -0.4 is 10.6 Å². The van der Waals surface area contributed by atoms with Gasteiger partial charge in [0.25, 0.3) is 0 Å². The average molecular weight is 593 g/mol. The third-order valence-corrected chi connectivity index (χ3v) is 9.23. The molecule has 230 valence electrons. The van der Waals surface area contributed by atoms with Crippen LogP contribution in [0.4, 0.5) is 4.79 Å². The van der Waals surface area contributed by atoms with E-state index in [-0.39, 0.29) is 36.9 Å². The lowest BCUT2D eigenvalue weighted by molar-refractivity contribution is -0.134. The van der Waals surface area contributed by atoms with Crippen molar-refractivity contribution in [3.63, 3.8) is 0 Å². The molecule has 0 spiro atoms. The van der Waals surface area contributed by atoms with Crippen molar-refractivity contribution < 1.29 is 27.5 Å². The van der Waals surface area contributed by atoms with Crippen molar-refractivity contribution in [1.82, 2.24) is 19.8 Å². The molecule has 3 rings (SSSR count). The van der Waals surface area contributed by atoms with E-state index in [0.717, 1.165) is 43.9 Å². The molecule has 1 saturated heterocycles. The van der Waals surface area contributed by atoms with E-state index in [9.17, 15) is 22.8 Å². The predicted molar refractivity (Wildman–Crippen MR) is 158 cm³/mol. The van der Waals surface area contributed by atoms with Crippen LogP contribution in [0.3, 0.4) is 0 Å². The van der Waals surface area contributed by atoms with Crippen LogP contribution in [0.1, 0.15) is 84.7 Å². The Kier molecular flexibility index (Phi) is 11.2. The topological polar surface area (TPSA) is 125 Å². The first-order valence-corrected chi connectivity index (χ1v) is 16.6. The number of nitrogens with zero attached hydrogens (tertiary/aromatic N) is 2. The molecule has 0 radical (unpaired) electrons. The molecule has 1 saturated carbocycles. The standard InChI is InChI=1S/C30H48N4O6S/c1-21(27(35)31-22(2)23-13-9-7-10-14-23)19-34(41(6,38)39)25-17-18-33(20-25)28(36)26(24-15-11-8-12-16-24)32-29(37)40-30(3,4)5/h7,9-10,13-14,21-22,24-26H,8,11-12,15-20H2,1-6H3,(H,31,35)(H,32,37). The number of rotatable bonds is 10. The maximum absolute atomic E-state index is 13.8. The van der Waals surface area contributed by atoms with E-state index < -0.39 is 39.7 Å². The summed E-state index contributed by atoms with van der Waals surface area (Å²) in [6, 6.07) is 8.19. The highest BCUT2D eigenvalue weighted by molar-refractivity contribution is 7.88. The van der Waals surface area contributed by atoms with Gasteiger partial charge in [0.15, 0.2) is 0 Å². The van der Waals surface area contributed by atoms with Gasteiger partial charge in [0.2, 0.25) is 21.8 Å². The Labute approximate surface area is 245 Å². The normalized spacial score (nSPS) is 20.8. The van der Waals surface area contributed by atoms with E-state index in [2.05, 4.69) is 10.6 Å². The number of nitrogens with one attached hydrogen (secondary N) is 2. The second-order valence-electron chi connectivity index (χ2n) is 12.6. The van der Waals surface area contributed by atoms with Gasteiger partial charge in [-0.2, -0.15) is 4.31 Å². The third kappa shape index (κ3) is 9.70. The molecule has 3 amide bonds. The quantitative estimate of drug-likeness (QED) is 0.425. The summed E-state index contributed by atoms with van der Waals surface area (Å²) in [4.78, 5) is 41.1. The second kappa shape index (κ2) is 14.0. The van der Waals surface area contributed by atoms with Crippen LogP contribution in [0.15, 0.2) is 30.3 Å². The molecule has 4 atom stereocenters. The lowest BCUT2D eigenvalue weighted by atomic mass is 9.83. The fraction of sp³-hybridized carbons (Fsp3) is 0.700. The Bertz CT molecular complexity index is 1150. The molecule has 1 aliphatic carbocycles. The van der Waals surface area contributed by atoms with Gasteiger partial charge in [-0.05, 0) is 58.4 Å². The van der Waals surface area contributed by atoms with Crippen LogP contribution in [-0.4, -0.2) is 79.1 Å². The zero-order chi connectivity index (χ0) is 30.4. The highest BCUT2D eigenvalue weighted by atomic mass is 32.2. The average Bonchev–Trinajstić information content (AvgIpc) is 3.39. The van der Waals surface area contributed by atoms with Crippen LogP contribution in [0.2, 0.25) is 0 Å². The van der Waals surface area contributed by atoms with Crippen molar-refractivity contribution in [2.75, 3.05) is 25.9 Å². The summed E-state index contributed by atoms with van der Waals surface area (Å²) < 4.78 is 32.6. The van der Waals surface area contributed by atoms with E-state index in [1.807, 2.05) is 37.3 Å². The summed E-state index contributed by atoms with van der Waals surface area (Å²) in [5.41, 5.74) is 0.270. The SMILES string of the molecule is CC(CN(C1CCN(C(=O)C(NC(=O)OC(C)(C)C)C2CCCCC2)C1)S(C)(=O)=O)C(=O)NC(C)c1ccccc1. The number of carbonyl (C=O) groups is 3. The molecule has 10 nitrogen and oxygen atoms in total. The van der Waals surface area contributed by atoms with Gasteiger partial charge in [-0.15, -0.1) is 0 Å². The minimum Gasteiger partial charge on any atom is -0.444 e. The molecule has 2 aliphatic rings. The Morgan fingerprint density at radius 3 is 2.24 bits per heavy atom. The van der Waals surface area contributed by atoms with Gasteiger partial charge in [-0.25, -0.2) is 13.2 Å². The van der Waals surface area contributed by atoms with Gasteiger partial charge in [0.1, 0.15) is 11.6 Å². The largest absolute Gasteiger partial charge is 0.444 e. The lowest BCUT2D eigenvalue weighted by Gasteiger charge is -2.34. The number of hydrogen-bond acceptors (Lipinski definition) is 6. The van der Waals surface area contributed by atoms with E-state index in [4.69, 9.17) is 4.74 Å². The molecular formula is C30H48N4O6S. The van der Waals surface area contributed by atoms with Crippen molar-refractivity contribution in [3.05, 3.63) is 35.9 Å². The van der Waals surface area contributed by atoms with Gasteiger partial charge < -0.3 is 20.3 Å². The number of likely N-dealkylation sites (tertiary alicyclic amines) is 1. The fourth-order valence-corrected chi connectivity index (χ4v) is 6.95. The Morgan fingerprint density at radius 1 is 1.02 bits per heavy atom. The number of ether oxygens (including phenoxy) is 1. The van der Waals surface area contributed by atoms with E-state index in [1.54, 1.807) is 32.6 Å². The molecule has 2 N–H and O–H groups in total. The monoisotopic (exact) mass is 592 g/mol. The minimum absolute atomic E-state index is 0.00384. The Morgan fingerprint density at radius 2 is 1.66 bits per heavy atom. The van der Waals surface area contributed by atoms with E-state index in [0.29, 0.717) is 13.0 Å². The zero-order valence-corrected chi connectivity index (χ0v) is 26.2. The minimum atomic E-state index is -3.66. The highest BCUT2D eigenvalue weighted by Crippen LogP contribution is 2.29. The molecule has 1 heterocycles. The van der Waals surface area contributed by atoms with Gasteiger partial charge in [0.05, 0.1) is 12.3 Å². The predicted octanol–water partition coefficient (Wildman–Crippen LogP) is 3.84. The number of alkyl carbamates (subject to hydrolysis) is 1. The van der Waals surface area contributed by atoms with E-state index in [1.165, 1.54) is 4.31 Å². The van der Waals surface area contributed by atoms with Gasteiger partial charge in [0, 0.05) is 31.6 Å². The van der Waals surface area contributed by atoms with Crippen LogP contribution >= 0.6 is 0 Å². The maximum Gasteiger partial charge on any atom is 0.408 e. The van der Waals surface area contributed by atoms with Gasteiger partial charge >= 0.3 is 6.09 Å². The van der Waals surface area contributed by atoms with Crippen LogP contribution in [-0.2, 0) is 24.3 Å². The first-order chi connectivity index (χ1) is 19.2. The summed E-state index contributed by atoms with van der Waals surface area (Å²) in [5, 5.41) is 5.81. The first kappa shape index (κ1) is 32.8. The van der Waals surface area contributed by atoms with Crippen LogP contribution in [0.25, 0.3) is 0 Å². The lowest BCUT2D eigenvalue weighted by Crippen LogP contribution is -2.54. The summed E-state index contributed by atoms with van der Waals surface area (Å²) in [7, 11) is -3.66. The zero-order valence-electron chi connectivity index (χ0n) is 25.4. The summed E-state index contributed by atoms with van der Waals surface area (Å²) in [5.74, 6) is -1.03. The van der Waals surface area contributed by atoms with E-state index >= 15 is 0 Å². The molecule has 11 heteroatoms. The molecule has 0 aromatic heterocycles. The van der Waals surface area contributed by atoms with Gasteiger partial charge in [-0.1, -0.05) is 56.5 Å². The number of benzene rings is 1. The molecule has 1 aromatic rings. The van der Waals surface area contributed by atoms with Crippen molar-refractivity contribution in [2.45, 2.75) is 96.9 Å². The van der Waals surface area contributed by atoms with Crippen molar-refractivity contribution in [1.29, 1.82) is 0 Å². The summed E-state index contributed by atoms with van der Waals surface area (Å²) in [6.07, 6.45) is 5.75. The third-order valence-electron chi connectivity index (χ3n) is 7.93. The molecule has 1 aliphatic heterocycles. The number of amides is 3. The fourth-order valence-electron chi connectivity index (χ4n) is 5.75. The first-order valence-electron chi connectivity index (χ1n) is 14.8. The smallest absolute Gasteiger partial charge is 0.408 e. The van der Waals surface area contributed by atoms with Crippen LogP contribution in [0.5, 0.6) is 0 Å². The molecule has 1 aromatic carbocycles. The number of sulfonamides is 1. The Hall–Kier alpha value is -2.66. The molecule has 4 unspecified atom stereocenters. The van der Waals surface area contributed by atoms with Crippen LogP contribution in [0, 0.1) is 11.8 Å². The molecule has 41 heavy (non-hydrogen) atoms. The molecular weight excluding hydrogens is 544 g/mol. The maximum atomic E-state index is 13.8. The van der Waals surface area contributed by atoms with Crippen molar-refractivity contribution in [2.24, 2.45) is 11.8 Å².